The van der Waals surface area contributed by atoms with E-state index in [1.165, 1.54) is 12.8 Å². The zero-order valence-electron chi connectivity index (χ0n) is 11.0. The summed E-state index contributed by atoms with van der Waals surface area (Å²) in [6.07, 6.45) is 3.28. The highest BCUT2D eigenvalue weighted by Crippen LogP contribution is 2.47. The topological polar surface area (TPSA) is 41.6 Å². The van der Waals surface area contributed by atoms with E-state index in [9.17, 15) is 5.26 Å². The summed E-state index contributed by atoms with van der Waals surface area (Å²) in [6, 6.07) is 8.02. The molecule has 0 radical (unpaired) electrons. The summed E-state index contributed by atoms with van der Waals surface area (Å²) in [5, 5.41) is 9.19. The van der Waals surface area contributed by atoms with Gasteiger partial charge < -0.3 is 4.57 Å². The SMILES string of the molecule is CC1(Cn2c(CCCl)nc3c(C#N)cccc32)CC1. The first kappa shape index (κ1) is 12.5. The molecule has 3 nitrogen and oxygen atoms in total. The van der Waals surface area contributed by atoms with Crippen molar-refractivity contribution in [3.05, 3.63) is 29.6 Å². The lowest BCUT2D eigenvalue weighted by Crippen LogP contribution is -2.11. The summed E-state index contributed by atoms with van der Waals surface area (Å²) in [4.78, 5) is 4.64. The van der Waals surface area contributed by atoms with Gasteiger partial charge in [0.25, 0.3) is 0 Å². The van der Waals surface area contributed by atoms with Crippen LogP contribution in [-0.4, -0.2) is 15.4 Å². The molecule has 1 fully saturated rings. The minimum absolute atomic E-state index is 0.400. The van der Waals surface area contributed by atoms with Crippen LogP contribution in [0.15, 0.2) is 18.2 Å². The van der Waals surface area contributed by atoms with E-state index in [0.717, 1.165) is 29.8 Å². The Morgan fingerprint density at radius 3 is 2.89 bits per heavy atom. The number of para-hydroxylation sites is 1. The number of halogens is 1. The molecular formula is C15H16ClN3. The number of imidazole rings is 1. The lowest BCUT2D eigenvalue weighted by Gasteiger charge is -2.13. The van der Waals surface area contributed by atoms with Gasteiger partial charge in [0, 0.05) is 18.8 Å². The molecule has 0 spiro atoms. The van der Waals surface area contributed by atoms with E-state index in [0.29, 0.717) is 16.9 Å². The maximum Gasteiger partial charge on any atom is 0.111 e. The number of nitriles is 1. The van der Waals surface area contributed by atoms with Crippen LogP contribution in [0.3, 0.4) is 0 Å². The number of rotatable bonds is 4. The summed E-state index contributed by atoms with van der Waals surface area (Å²) in [5.41, 5.74) is 2.92. The van der Waals surface area contributed by atoms with Crippen molar-refractivity contribution in [1.82, 2.24) is 9.55 Å². The molecule has 1 saturated carbocycles. The molecule has 2 aromatic rings. The van der Waals surface area contributed by atoms with Gasteiger partial charge in [-0.2, -0.15) is 5.26 Å². The second-order valence-electron chi connectivity index (χ2n) is 5.65. The Labute approximate surface area is 117 Å². The number of benzene rings is 1. The van der Waals surface area contributed by atoms with Gasteiger partial charge in [0.2, 0.25) is 0 Å². The highest BCUT2D eigenvalue weighted by atomic mass is 35.5. The van der Waals surface area contributed by atoms with Gasteiger partial charge in [-0.25, -0.2) is 4.98 Å². The molecule has 0 saturated heterocycles. The summed E-state index contributed by atoms with van der Waals surface area (Å²) in [7, 11) is 0. The predicted octanol–water partition coefficient (Wildman–Crippen LogP) is 3.49. The van der Waals surface area contributed by atoms with Crippen molar-refractivity contribution in [3.63, 3.8) is 0 Å². The fourth-order valence-electron chi connectivity index (χ4n) is 2.49. The maximum absolute atomic E-state index is 9.19. The first-order chi connectivity index (χ1) is 9.17. The Morgan fingerprint density at radius 1 is 1.47 bits per heavy atom. The highest BCUT2D eigenvalue weighted by Gasteiger charge is 2.38. The lowest BCUT2D eigenvalue weighted by molar-refractivity contribution is 0.462. The largest absolute Gasteiger partial charge is 0.327 e. The van der Waals surface area contributed by atoms with Crippen LogP contribution in [0.5, 0.6) is 0 Å². The normalized spacial score (nSPS) is 16.5. The highest BCUT2D eigenvalue weighted by molar-refractivity contribution is 6.17. The molecule has 98 valence electrons. The Bertz CT molecular complexity index is 662. The monoisotopic (exact) mass is 273 g/mol. The van der Waals surface area contributed by atoms with Crippen LogP contribution in [0.2, 0.25) is 0 Å². The molecule has 0 atom stereocenters. The third-order valence-corrected chi connectivity index (χ3v) is 4.13. The van der Waals surface area contributed by atoms with Crippen LogP contribution < -0.4 is 0 Å². The fraction of sp³-hybridized carbons (Fsp3) is 0.467. The summed E-state index contributed by atoms with van der Waals surface area (Å²) >= 11 is 5.88. The quantitative estimate of drug-likeness (QED) is 0.800. The Hall–Kier alpha value is -1.53. The molecule has 1 aliphatic carbocycles. The number of hydrogen-bond acceptors (Lipinski definition) is 2. The number of alkyl halides is 1. The van der Waals surface area contributed by atoms with Crippen molar-refractivity contribution in [2.45, 2.75) is 32.7 Å². The molecule has 4 heteroatoms. The molecule has 0 unspecified atom stereocenters. The van der Waals surface area contributed by atoms with E-state index in [2.05, 4.69) is 22.5 Å². The Kier molecular flexibility index (Phi) is 2.99. The number of nitrogens with zero attached hydrogens (tertiary/aromatic N) is 3. The van der Waals surface area contributed by atoms with Crippen molar-refractivity contribution < 1.29 is 0 Å². The zero-order valence-corrected chi connectivity index (χ0v) is 11.7. The summed E-state index contributed by atoms with van der Waals surface area (Å²) < 4.78 is 2.26. The van der Waals surface area contributed by atoms with Crippen LogP contribution in [0.25, 0.3) is 11.0 Å². The van der Waals surface area contributed by atoms with Gasteiger partial charge in [-0.15, -0.1) is 11.6 Å². The van der Waals surface area contributed by atoms with Crippen LogP contribution in [0.4, 0.5) is 0 Å². The molecule has 19 heavy (non-hydrogen) atoms. The number of aryl methyl sites for hydroxylation is 1. The summed E-state index contributed by atoms with van der Waals surface area (Å²) in [5.74, 6) is 1.56. The lowest BCUT2D eigenvalue weighted by atomic mass is 10.1. The minimum atomic E-state index is 0.400. The van der Waals surface area contributed by atoms with Crippen molar-refractivity contribution in [1.29, 1.82) is 5.26 Å². The first-order valence-corrected chi connectivity index (χ1v) is 7.14. The van der Waals surface area contributed by atoms with Crippen molar-refractivity contribution in [3.8, 4) is 6.07 Å². The smallest absolute Gasteiger partial charge is 0.111 e. The molecule has 1 aliphatic rings. The second kappa shape index (κ2) is 4.54. The van der Waals surface area contributed by atoms with Crippen molar-refractivity contribution in [2.24, 2.45) is 5.41 Å². The van der Waals surface area contributed by atoms with Crippen molar-refractivity contribution >= 4 is 22.6 Å². The van der Waals surface area contributed by atoms with Gasteiger partial charge >= 0.3 is 0 Å². The van der Waals surface area contributed by atoms with E-state index in [1.807, 2.05) is 18.2 Å². The van der Waals surface area contributed by atoms with E-state index >= 15 is 0 Å². The van der Waals surface area contributed by atoms with E-state index in [-0.39, 0.29) is 0 Å². The van der Waals surface area contributed by atoms with Crippen molar-refractivity contribution in [2.75, 3.05) is 5.88 Å². The molecule has 1 aromatic carbocycles. The number of fused-ring (bicyclic) bond motifs is 1. The third-order valence-electron chi connectivity index (χ3n) is 3.94. The molecular weight excluding hydrogens is 258 g/mol. The Balaban J connectivity index is 2.15. The number of aromatic nitrogens is 2. The predicted molar refractivity (Wildman–Crippen MR) is 76.2 cm³/mol. The van der Waals surface area contributed by atoms with Gasteiger partial charge in [0.05, 0.1) is 11.1 Å². The average Bonchev–Trinajstić information content (AvgIpc) is 3.04. The van der Waals surface area contributed by atoms with Gasteiger partial charge in [-0.1, -0.05) is 13.0 Å². The minimum Gasteiger partial charge on any atom is -0.327 e. The van der Waals surface area contributed by atoms with Crippen LogP contribution in [-0.2, 0) is 13.0 Å². The molecule has 3 rings (SSSR count). The van der Waals surface area contributed by atoms with Gasteiger partial charge in [0.15, 0.2) is 0 Å². The second-order valence-corrected chi connectivity index (χ2v) is 6.03. The summed E-state index contributed by atoms with van der Waals surface area (Å²) in [6.45, 7) is 3.28. The van der Waals surface area contributed by atoms with E-state index in [4.69, 9.17) is 11.6 Å². The molecule has 0 amide bonds. The van der Waals surface area contributed by atoms with Crippen LogP contribution >= 0.6 is 11.6 Å². The standard InChI is InChI=1S/C15H16ClN3/c1-15(6-7-15)10-19-12-4-2-3-11(9-17)14(12)18-13(19)5-8-16/h2-4H,5-8,10H2,1H3. The molecule has 0 aliphatic heterocycles. The molecule has 0 N–H and O–H groups in total. The van der Waals surface area contributed by atoms with Crippen LogP contribution in [0.1, 0.15) is 31.2 Å². The third kappa shape index (κ3) is 2.21. The maximum atomic E-state index is 9.19. The van der Waals surface area contributed by atoms with Gasteiger partial charge in [-0.05, 0) is 30.4 Å². The fourth-order valence-corrected chi connectivity index (χ4v) is 2.66. The van der Waals surface area contributed by atoms with E-state index < -0.39 is 0 Å². The molecule has 0 bridgehead atoms. The first-order valence-electron chi connectivity index (χ1n) is 6.61. The zero-order chi connectivity index (χ0) is 13.5. The van der Waals surface area contributed by atoms with E-state index in [1.54, 1.807) is 0 Å². The molecule has 1 heterocycles. The Morgan fingerprint density at radius 2 is 2.26 bits per heavy atom. The number of hydrogen-bond donors (Lipinski definition) is 0. The van der Waals surface area contributed by atoms with Gasteiger partial charge in [-0.3, -0.25) is 0 Å². The van der Waals surface area contributed by atoms with Gasteiger partial charge in [0.1, 0.15) is 17.4 Å². The average molecular weight is 274 g/mol. The van der Waals surface area contributed by atoms with Crippen LogP contribution in [0, 0.1) is 16.7 Å². The molecule has 1 aromatic heterocycles.